The van der Waals surface area contributed by atoms with Crippen LogP contribution in [0.4, 0.5) is 0 Å². The molecule has 1 saturated carbocycles. The molecule has 0 bridgehead atoms. The first-order valence-electron chi connectivity index (χ1n) is 10.7. The van der Waals surface area contributed by atoms with E-state index in [4.69, 9.17) is 16.3 Å². The highest BCUT2D eigenvalue weighted by atomic mass is 35.5. The van der Waals surface area contributed by atoms with Crippen LogP contribution in [-0.2, 0) is 4.74 Å². The van der Waals surface area contributed by atoms with Crippen LogP contribution in [0, 0.1) is 29.6 Å². The minimum atomic E-state index is -0.624. The minimum Gasteiger partial charge on any atom is -0.368 e. The number of aliphatic hydroxyl groups excluding tert-OH is 1. The van der Waals surface area contributed by atoms with Gasteiger partial charge < -0.3 is 9.84 Å². The number of fused-ring (bicyclic) bond motifs is 1. The van der Waals surface area contributed by atoms with Gasteiger partial charge >= 0.3 is 0 Å². The molecule has 1 aromatic heterocycles. The Balaban J connectivity index is 1.56. The van der Waals surface area contributed by atoms with Crippen LogP contribution in [0.3, 0.4) is 0 Å². The number of nitrogens with zero attached hydrogens (tertiary/aromatic N) is 1. The molecule has 2 aromatic rings. The summed E-state index contributed by atoms with van der Waals surface area (Å²) in [6, 6.07) is 12.0. The van der Waals surface area contributed by atoms with E-state index in [0.29, 0.717) is 23.7 Å². The third kappa shape index (κ3) is 4.14. The van der Waals surface area contributed by atoms with Crippen LogP contribution in [0.5, 0.6) is 0 Å². The molecule has 0 amide bonds. The molecule has 0 spiro atoms. The smallest absolute Gasteiger partial charge is 0.158 e. The van der Waals surface area contributed by atoms with Crippen LogP contribution in [0.15, 0.2) is 48.7 Å². The summed E-state index contributed by atoms with van der Waals surface area (Å²) in [4.78, 5) is 4.65. The quantitative estimate of drug-likeness (QED) is 0.664. The van der Waals surface area contributed by atoms with Gasteiger partial charge in [-0.15, -0.1) is 0 Å². The summed E-state index contributed by atoms with van der Waals surface area (Å²) in [5.41, 5.74) is 3.08. The van der Waals surface area contributed by atoms with Crippen LogP contribution in [-0.4, -0.2) is 22.5 Å². The number of allylic oxidation sites excluding steroid dienone is 1. The number of hydrogen-bond acceptors (Lipinski definition) is 3. The number of ether oxygens (including phenoxy) is 1. The summed E-state index contributed by atoms with van der Waals surface area (Å²) in [5.74, 6) is 2.19. The van der Waals surface area contributed by atoms with Crippen molar-refractivity contribution in [2.24, 2.45) is 29.6 Å². The Labute approximate surface area is 178 Å². The average molecular weight is 412 g/mol. The largest absolute Gasteiger partial charge is 0.368 e. The Morgan fingerprint density at radius 3 is 2.72 bits per heavy atom. The Bertz CT molecular complexity index is 865. The normalized spacial score (nSPS) is 34.4. The van der Waals surface area contributed by atoms with E-state index >= 15 is 0 Å². The van der Waals surface area contributed by atoms with Crippen molar-refractivity contribution in [3.63, 3.8) is 0 Å². The van der Waals surface area contributed by atoms with Gasteiger partial charge in [0.1, 0.15) is 0 Å². The SMILES string of the molecule is CC[C@H]1[C@H](/C=C/c2ccc(-c3cccc(Cl)c3)cn2)[C@@H]2[C@@H](C)OC(O)[C@@H]2C[C@@H]1C. The van der Waals surface area contributed by atoms with E-state index < -0.39 is 6.29 Å². The van der Waals surface area contributed by atoms with Crippen molar-refractivity contribution in [1.82, 2.24) is 4.98 Å². The number of aromatic nitrogens is 1. The number of pyridine rings is 1. The number of rotatable bonds is 4. The molecule has 7 atom stereocenters. The van der Waals surface area contributed by atoms with Crippen LogP contribution >= 0.6 is 11.6 Å². The van der Waals surface area contributed by atoms with Crippen molar-refractivity contribution in [2.75, 3.05) is 0 Å². The monoisotopic (exact) mass is 411 g/mol. The van der Waals surface area contributed by atoms with Gasteiger partial charge in [0.15, 0.2) is 6.29 Å². The topological polar surface area (TPSA) is 42.4 Å². The molecular weight excluding hydrogens is 382 g/mol. The Morgan fingerprint density at radius 2 is 2.03 bits per heavy atom. The highest BCUT2D eigenvalue weighted by molar-refractivity contribution is 6.30. The van der Waals surface area contributed by atoms with Gasteiger partial charge in [-0.2, -0.15) is 0 Å². The molecule has 3 nitrogen and oxygen atoms in total. The predicted octanol–water partition coefficient (Wildman–Crippen LogP) is 6.07. The van der Waals surface area contributed by atoms with Crippen molar-refractivity contribution >= 4 is 17.7 Å². The molecule has 2 heterocycles. The second kappa shape index (κ2) is 8.59. The van der Waals surface area contributed by atoms with Gasteiger partial charge in [-0.1, -0.05) is 56.1 Å². The number of aliphatic hydroxyl groups is 1. The second-order valence-electron chi connectivity index (χ2n) is 8.68. The second-order valence-corrected chi connectivity index (χ2v) is 9.11. The molecule has 1 aliphatic carbocycles. The van der Waals surface area contributed by atoms with E-state index in [9.17, 15) is 5.11 Å². The maximum absolute atomic E-state index is 10.4. The van der Waals surface area contributed by atoms with E-state index in [1.165, 1.54) is 0 Å². The summed E-state index contributed by atoms with van der Waals surface area (Å²) in [6.07, 6.45) is 8.02. The van der Waals surface area contributed by atoms with Crippen molar-refractivity contribution in [1.29, 1.82) is 0 Å². The first kappa shape index (κ1) is 20.6. The fourth-order valence-corrected chi connectivity index (χ4v) is 5.78. The molecule has 1 N–H and O–H groups in total. The molecule has 1 aromatic carbocycles. The minimum absolute atomic E-state index is 0.0874. The third-order valence-corrected chi connectivity index (χ3v) is 7.21. The zero-order valence-corrected chi connectivity index (χ0v) is 18.1. The maximum Gasteiger partial charge on any atom is 0.158 e. The summed E-state index contributed by atoms with van der Waals surface area (Å²) in [5, 5.41) is 11.1. The summed E-state index contributed by atoms with van der Waals surface area (Å²) >= 11 is 6.11. The molecule has 4 rings (SSSR count). The maximum atomic E-state index is 10.4. The average Bonchev–Trinajstić information content (AvgIpc) is 2.99. The van der Waals surface area contributed by atoms with Crippen molar-refractivity contribution < 1.29 is 9.84 Å². The molecule has 2 aliphatic rings. The zero-order chi connectivity index (χ0) is 20.5. The lowest BCUT2D eigenvalue weighted by atomic mass is 9.61. The number of hydrogen-bond donors (Lipinski definition) is 1. The molecule has 154 valence electrons. The molecule has 0 radical (unpaired) electrons. The first-order valence-corrected chi connectivity index (χ1v) is 11.1. The van der Waals surface area contributed by atoms with Crippen molar-refractivity contribution in [3.8, 4) is 11.1 Å². The third-order valence-electron chi connectivity index (χ3n) is 6.98. The molecule has 1 saturated heterocycles. The molecule has 4 heteroatoms. The molecule has 29 heavy (non-hydrogen) atoms. The zero-order valence-electron chi connectivity index (χ0n) is 17.3. The Morgan fingerprint density at radius 1 is 1.21 bits per heavy atom. The number of benzene rings is 1. The highest BCUT2D eigenvalue weighted by Gasteiger charge is 2.51. The van der Waals surface area contributed by atoms with Gasteiger partial charge in [0.05, 0.1) is 11.8 Å². The van der Waals surface area contributed by atoms with Crippen molar-refractivity contribution in [3.05, 3.63) is 59.4 Å². The van der Waals surface area contributed by atoms with Gasteiger partial charge in [0, 0.05) is 22.7 Å². The fourth-order valence-electron chi connectivity index (χ4n) is 5.59. The lowest BCUT2D eigenvalue weighted by molar-refractivity contribution is -0.107. The molecule has 1 unspecified atom stereocenters. The first-order chi connectivity index (χ1) is 14.0. The van der Waals surface area contributed by atoms with E-state index in [1.54, 1.807) is 0 Å². The van der Waals surface area contributed by atoms with E-state index in [1.807, 2.05) is 30.5 Å². The van der Waals surface area contributed by atoms with Gasteiger partial charge in [0.2, 0.25) is 0 Å². The fraction of sp³-hybridized carbons (Fsp3) is 0.480. The Kier molecular flexibility index (Phi) is 6.10. The molecule has 1 aliphatic heterocycles. The van der Waals surface area contributed by atoms with Crippen molar-refractivity contribution in [2.45, 2.75) is 46.0 Å². The molecule has 2 fully saturated rings. The van der Waals surface area contributed by atoms with E-state index in [-0.39, 0.29) is 12.0 Å². The van der Waals surface area contributed by atoms with Crippen LogP contribution in [0.2, 0.25) is 5.02 Å². The van der Waals surface area contributed by atoms with Gasteiger partial charge in [-0.25, -0.2) is 0 Å². The predicted molar refractivity (Wildman–Crippen MR) is 118 cm³/mol. The van der Waals surface area contributed by atoms with Crippen LogP contribution < -0.4 is 0 Å². The standard InChI is InChI=1S/C25H30ClNO2/c1-4-21-15(2)12-23-24(16(3)29-25(23)28)22(21)11-10-20-9-8-18(14-27-20)17-6-5-7-19(26)13-17/h5-11,13-16,21-25,28H,4,12H2,1-3H3/b11-10+/t15-,16+,21+,22-,23+,24-,25?/m0/s1. The van der Waals surface area contributed by atoms with Crippen LogP contribution in [0.1, 0.15) is 39.3 Å². The summed E-state index contributed by atoms with van der Waals surface area (Å²) < 4.78 is 5.80. The van der Waals surface area contributed by atoms with E-state index in [0.717, 1.165) is 34.7 Å². The molecular formula is C25H30ClNO2. The Hall–Kier alpha value is -1.68. The van der Waals surface area contributed by atoms with Crippen LogP contribution in [0.25, 0.3) is 17.2 Å². The van der Waals surface area contributed by atoms with Gasteiger partial charge in [0.25, 0.3) is 0 Å². The lowest BCUT2D eigenvalue weighted by Gasteiger charge is -2.43. The highest BCUT2D eigenvalue weighted by Crippen LogP contribution is 2.51. The van der Waals surface area contributed by atoms with Gasteiger partial charge in [-0.3, -0.25) is 4.98 Å². The lowest BCUT2D eigenvalue weighted by Crippen LogP contribution is -2.41. The summed E-state index contributed by atoms with van der Waals surface area (Å²) in [7, 11) is 0. The summed E-state index contributed by atoms with van der Waals surface area (Å²) in [6.45, 7) is 6.70. The van der Waals surface area contributed by atoms with E-state index in [2.05, 4.69) is 50.0 Å². The number of halogens is 1. The van der Waals surface area contributed by atoms with Gasteiger partial charge in [-0.05, 0) is 66.9 Å².